The second-order valence-corrected chi connectivity index (χ2v) is 3.40. The molecule has 0 radical (unpaired) electrons. The molecule has 0 aliphatic heterocycles. The van der Waals surface area contributed by atoms with Gasteiger partial charge >= 0.3 is 0 Å². The molecule has 0 nitrogen and oxygen atoms in total. The number of halogens is 3. The van der Waals surface area contributed by atoms with Gasteiger partial charge in [-0.05, 0) is 17.7 Å². The van der Waals surface area contributed by atoms with Crippen molar-refractivity contribution in [3.63, 3.8) is 0 Å². The van der Waals surface area contributed by atoms with E-state index in [9.17, 15) is 4.39 Å². The molecule has 0 heterocycles. The molecule has 1 aromatic carbocycles. The maximum absolute atomic E-state index is 12.8. The van der Waals surface area contributed by atoms with Crippen LogP contribution in [0, 0.1) is 0 Å². The summed E-state index contributed by atoms with van der Waals surface area (Å²) >= 11 is 8.60. The number of benzene rings is 1. The van der Waals surface area contributed by atoms with Gasteiger partial charge in [-0.2, -0.15) is 0 Å². The molecule has 1 rings (SSSR count). The first-order valence-corrected chi connectivity index (χ1v) is 4.52. The summed E-state index contributed by atoms with van der Waals surface area (Å²) in [6.45, 7) is 0. The molecule has 11 heavy (non-hydrogen) atoms. The quantitative estimate of drug-likeness (QED) is 0.688. The number of hydrogen-bond acceptors (Lipinski definition) is 0. The molecule has 1 unspecified atom stereocenters. The predicted molar refractivity (Wildman–Crippen MR) is 48.7 cm³/mol. The lowest BCUT2D eigenvalue weighted by Crippen LogP contribution is -1.91. The minimum atomic E-state index is -1.05. The van der Waals surface area contributed by atoms with Gasteiger partial charge in [-0.1, -0.05) is 28.1 Å². The zero-order chi connectivity index (χ0) is 8.27. The Bertz CT molecular complexity index is 222. The molecule has 1 atom stereocenters. The first kappa shape index (κ1) is 9.01. The van der Waals surface area contributed by atoms with Gasteiger partial charge in [-0.25, -0.2) is 4.39 Å². The topological polar surface area (TPSA) is 0 Å². The molecule has 1 aromatic rings. The average molecular weight is 237 g/mol. The summed E-state index contributed by atoms with van der Waals surface area (Å²) in [5, 5.41) is 0. The zero-order valence-corrected chi connectivity index (χ0v) is 8.07. The van der Waals surface area contributed by atoms with E-state index in [4.69, 9.17) is 11.6 Å². The minimum Gasteiger partial charge on any atom is -0.241 e. The van der Waals surface area contributed by atoms with E-state index >= 15 is 0 Å². The molecule has 0 fully saturated rings. The van der Waals surface area contributed by atoms with Gasteiger partial charge in [0.1, 0.15) is 6.17 Å². The second kappa shape index (κ2) is 4.07. The van der Waals surface area contributed by atoms with Crippen LogP contribution >= 0.6 is 27.5 Å². The molecule has 0 spiro atoms. The van der Waals surface area contributed by atoms with Crippen LogP contribution in [0.3, 0.4) is 0 Å². The Balaban J connectivity index is 2.81. The van der Waals surface area contributed by atoms with Gasteiger partial charge in [-0.3, -0.25) is 0 Å². The van der Waals surface area contributed by atoms with Crippen LogP contribution < -0.4 is 0 Å². The van der Waals surface area contributed by atoms with Crippen molar-refractivity contribution in [3.8, 4) is 0 Å². The first-order chi connectivity index (χ1) is 5.24. The Labute approximate surface area is 78.5 Å². The fourth-order valence-corrected chi connectivity index (χ4v) is 1.20. The molecule has 60 valence electrons. The molecule has 0 aromatic heterocycles. The predicted octanol–water partition coefficient (Wildman–Crippen LogP) is 3.70. The minimum absolute atomic E-state index is 0.0155. The van der Waals surface area contributed by atoms with Crippen LogP contribution in [0.25, 0.3) is 0 Å². The van der Waals surface area contributed by atoms with E-state index in [1.807, 2.05) is 0 Å². The molecule has 0 amide bonds. The highest BCUT2D eigenvalue weighted by Crippen LogP contribution is 2.20. The van der Waals surface area contributed by atoms with Gasteiger partial charge in [0.05, 0.1) is 5.88 Å². The Kier molecular flexibility index (Phi) is 3.34. The summed E-state index contributed by atoms with van der Waals surface area (Å²) in [4.78, 5) is 0. The second-order valence-electron chi connectivity index (χ2n) is 2.17. The third kappa shape index (κ3) is 2.46. The summed E-state index contributed by atoms with van der Waals surface area (Å²) in [5.41, 5.74) is 0.628. The highest BCUT2D eigenvalue weighted by Gasteiger charge is 2.06. The van der Waals surface area contributed by atoms with E-state index in [1.165, 1.54) is 0 Å². The van der Waals surface area contributed by atoms with Gasteiger partial charge < -0.3 is 0 Å². The van der Waals surface area contributed by atoms with Crippen molar-refractivity contribution < 1.29 is 4.39 Å². The highest BCUT2D eigenvalue weighted by molar-refractivity contribution is 9.10. The van der Waals surface area contributed by atoms with Crippen molar-refractivity contribution in [2.24, 2.45) is 0 Å². The fourth-order valence-electron chi connectivity index (χ4n) is 0.761. The summed E-state index contributed by atoms with van der Waals surface area (Å²) in [7, 11) is 0. The smallest absolute Gasteiger partial charge is 0.139 e. The van der Waals surface area contributed by atoms with Gasteiger partial charge in [0.25, 0.3) is 0 Å². The Morgan fingerprint density at radius 1 is 1.36 bits per heavy atom. The third-order valence-electron chi connectivity index (χ3n) is 1.37. The lowest BCUT2D eigenvalue weighted by atomic mass is 10.1. The number of hydrogen-bond donors (Lipinski definition) is 0. The monoisotopic (exact) mass is 236 g/mol. The van der Waals surface area contributed by atoms with Gasteiger partial charge in [-0.15, -0.1) is 11.6 Å². The normalized spacial score (nSPS) is 13.0. The van der Waals surface area contributed by atoms with E-state index < -0.39 is 6.17 Å². The fraction of sp³-hybridized carbons (Fsp3) is 0.250. The molecular weight excluding hydrogens is 230 g/mol. The van der Waals surface area contributed by atoms with Crippen molar-refractivity contribution in [3.05, 3.63) is 34.3 Å². The van der Waals surface area contributed by atoms with Crippen LogP contribution in [-0.2, 0) is 0 Å². The molecule has 0 saturated carbocycles. The molecule has 0 aliphatic carbocycles. The highest BCUT2D eigenvalue weighted by atomic mass is 79.9. The van der Waals surface area contributed by atoms with Crippen molar-refractivity contribution in [1.29, 1.82) is 0 Å². The van der Waals surface area contributed by atoms with E-state index in [1.54, 1.807) is 24.3 Å². The summed E-state index contributed by atoms with van der Waals surface area (Å²) in [6.07, 6.45) is -1.05. The molecule has 0 aliphatic rings. The van der Waals surface area contributed by atoms with Crippen molar-refractivity contribution in [1.82, 2.24) is 0 Å². The van der Waals surface area contributed by atoms with E-state index in [-0.39, 0.29) is 5.88 Å². The van der Waals surface area contributed by atoms with Crippen molar-refractivity contribution in [2.45, 2.75) is 6.17 Å². The van der Waals surface area contributed by atoms with Crippen molar-refractivity contribution in [2.75, 3.05) is 5.88 Å². The van der Waals surface area contributed by atoms with Crippen LogP contribution in [0.2, 0.25) is 0 Å². The SMILES string of the molecule is FC(CCl)c1ccc(Br)cc1. The Morgan fingerprint density at radius 2 is 1.91 bits per heavy atom. The van der Waals surface area contributed by atoms with Gasteiger partial charge in [0, 0.05) is 4.47 Å². The van der Waals surface area contributed by atoms with E-state index in [0.29, 0.717) is 5.56 Å². The number of alkyl halides is 2. The van der Waals surface area contributed by atoms with Crippen LogP contribution in [0.4, 0.5) is 4.39 Å². The number of rotatable bonds is 2. The molecule has 0 bridgehead atoms. The maximum atomic E-state index is 12.8. The van der Waals surface area contributed by atoms with Crippen molar-refractivity contribution >= 4 is 27.5 Å². The Hall–Kier alpha value is -0.0800. The van der Waals surface area contributed by atoms with Crippen LogP contribution in [0.15, 0.2) is 28.7 Å². The summed E-state index contributed by atoms with van der Waals surface area (Å²) in [6, 6.07) is 7.04. The standard InChI is InChI=1S/C8H7BrClF/c9-7-3-1-6(2-4-7)8(11)5-10/h1-4,8H,5H2. The molecule has 0 saturated heterocycles. The largest absolute Gasteiger partial charge is 0.241 e. The van der Waals surface area contributed by atoms with Gasteiger partial charge in [0.15, 0.2) is 0 Å². The third-order valence-corrected chi connectivity index (χ3v) is 2.17. The molecule has 0 N–H and O–H groups in total. The van der Waals surface area contributed by atoms with E-state index in [2.05, 4.69) is 15.9 Å². The summed E-state index contributed by atoms with van der Waals surface area (Å²) in [5.74, 6) is 0.0155. The lowest BCUT2D eigenvalue weighted by Gasteiger charge is -2.02. The summed E-state index contributed by atoms with van der Waals surface area (Å²) < 4.78 is 13.8. The molecular formula is C8H7BrClF. The zero-order valence-electron chi connectivity index (χ0n) is 5.73. The molecule has 3 heteroatoms. The van der Waals surface area contributed by atoms with Gasteiger partial charge in [0.2, 0.25) is 0 Å². The van der Waals surface area contributed by atoms with E-state index in [0.717, 1.165) is 4.47 Å². The van der Waals surface area contributed by atoms with Crippen LogP contribution in [0.1, 0.15) is 11.7 Å². The lowest BCUT2D eigenvalue weighted by molar-refractivity contribution is 0.378. The first-order valence-electron chi connectivity index (χ1n) is 3.19. The average Bonchev–Trinajstić information content (AvgIpc) is 2.05. The van der Waals surface area contributed by atoms with Crippen LogP contribution in [0.5, 0.6) is 0 Å². The maximum Gasteiger partial charge on any atom is 0.139 e. The Morgan fingerprint density at radius 3 is 2.36 bits per heavy atom. The van der Waals surface area contributed by atoms with Crippen LogP contribution in [-0.4, -0.2) is 5.88 Å².